The lowest BCUT2D eigenvalue weighted by Gasteiger charge is -2.20. The number of halogens is 1. The number of aromatic nitrogens is 2. The fraction of sp³-hybridized carbons (Fsp3) is 0.250. The van der Waals surface area contributed by atoms with Crippen LogP contribution >= 0.6 is 0 Å². The number of hydrogen-bond acceptors (Lipinski definition) is 6. The molecule has 3 aromatic rings. The normalized spacial score (nSPS) is 16.5. The van der Waals surface area contributed by atoms with E-state index in [1.165, 1.54) is 25.6 Å². The Hall–Kier alpha value is -3.42. The van der Waals surface area contributed by atoms with E-state index in [2.05, 4.69) is 15.3 Å². The molecule has 1 amide bonds. The van der Waals surface area contributed by atoms with Crippen molar-refractivity contribution in [1.29, 1.82) is 0 Å². The van der Waals surface area contributed by atoms with E-state index in [1.54, 1.807) is 12.0 Å². The Balaban J connectivity index is 1.63. The third-order valence-corrected chi connectivity index (χ3v) is 4.80. The van der Waals surface area contributed by atoms with Gasteiger partial charge >= 0.3 is 0 Å². The van der Waals surface area contributed by atoms with Gasteiger partial charge in [-0.25, -0.2) is 14.4 Å². The first kappa shape index (κ1) is 18.0. The standard InChI is InChI=1S/C20H19FN4O3/c1-27-17-6-4-3-5-16(17)25-8-7-14(20(25)26)24-19-12-9-18(28-2)13(21)10-15(12)22-11-23-19/h3-6,9-11,14H,7-8H2,1-2H3,(H,22,23,24). The highest BCUT2D eigenvalue weighted by atomic mass is 19.1. The van der Waals surface area contributed by atoms with Crippen LogP contribution in [0, 0.1) is 5.82 Å². The van der Waals surface area contributed by atoms with Crippen molar-refractivity contribution < 1.29 is 18.7 Å². The van der Waals surface area contributed by atoms with Crippen molar-refractivity contribution in [3.05, 3.63) is 48.5 Å². The molecular formula is C20H19FN4O3. The van der Waals surface area contributed by atoms with Crippen LogP contribution in [0.25, 0.3) is 10.9 Å². The molecule has 1 saturated heterocycles. The number of anilines is 2. The smallest absolute Gasteiger partial charge is 0.249 e. The molecule has 0 spiro atoms. The summed E-state index contributed by atoms with van der Waals surface area (Å²) in [5.41, 5.74) is 1.17. The maximum Gasteiger partial charge on any atom is 0.249 e. The summed E-state index contributed by atoms with van der Waals surface area (Å²) >= 11 is 0. The van der Waals surface area contributed by atoms with E-state index in [0.29, 0.717) is 35.4 Å². The van der Waals surface area contributed by atoms with Gasteiger partial charge in [-0.3, -0.25) is 4.79 Å². The minimum absolute atomic E-state index is 0.0784. The molecule has 8 heteroatoms. The molecule has 1 N–H and O–H groups in total. The van der Waals surface area contributed by atoms with Gasteiger partial charge in [0.25, 0.3) is 0 Å². The van der Waals surface area contributed by atoms with Crippen LogP contribution in [0.1, 0.15) is 6.42 Å². The quantitative estimate of drug-likeness (QED) is 0.731. The maximum atomic E-state index is 14.0. The molecule has 1 aliphatic rings. The second-order valence-corrected chi connectivity index (χ2v) is 6.37. The molecule has 1 aliphatic heterocycles. The number of ether oxygens (including phenoxy) is 2. The lowest BCUT2D eigenvalue weighted by molar-refractivity contribution is -0.117. The number of nitrogens with one attached hydrogen (secondary N) is 1. The Bertz CT molecular complexity index is 1040. The molecule has 1 unspecified atom stereocenters. The SMILES string of the molecule is COc1cc2c(NC3CCN(c4ccccc4OC)C3=O)ncnc2cc1F. The molecule has 144 valence electrons. The number of amides is 1. The van der Waals surface area contributed by atoms with E-state index >= 15 is 0 Å². The van der Waals surface area contributed by atoms with E-state index in [-0.39, 0.29) is 11.7 Å². The molecule has 0 saturated carbocycles. The monoisotopic (exact) mass is 382 g/mol. The molecule has 1 atom stereocenters. The highest BCUT2D eigenvalue weighted by Crippen LogP contribution is 2.33. The number of carbonyl (C=O) groups is 1. The van der Waals surface area contributed by atoms with Crippen LogP contribution in [0.4, 0.5) is 15.9 Å². The van der Waals surface area contributed by atoms with Crippen LogP contribution in [0.15, 0.2) is 42.7 Å². The molecule has 0 radical (unpaired) electrons. The number of rotatable bonds is 5. The number of carbonyl (C=O) groups excluding carboxylic acids is 1. The topological polar surface area (TPSA) is 76.6 Å². The predicted octanol–water partition coefficient (Wildman–Crippen LogP) is 3.00. The number of methoxy groups -OCH3 is 2. The summed E-state index contributed by atoms with van der Waals surface area (Å²) in [6.45, 7) is 0.553. The first-order valence-corrected chi connectivity index (χ1v) is 8.81. The summed E-state index contributed by atoms with van der Waals surface area (Å²) in [6, 6.07) is 9.76. The zero-order valence-electron chi connectivity index (χ0n) is 15.5. The first-order valence-electron chi connectivity index (χ1n) is 8.81. The van der Waals surface area contributed by atoms with E-state index in [4.69, 9.17) is 9.47 Å². The number of para-hydroxylation sites is 2. The van der Waals surface area contributed by atoms with Gasteiger partial charge in [0.15, 0.2) is 11.6 Å². The van der Waals surface area contributed by atoms with Crippen molar-refractivity contribution in [2.24, 2.45) is 0 Å². The van der Waals surface area contributed by atoms with Crippen LogP contribution in [0.3, 0.4) is 0 Å². The fourth-order valence-corrected chi connectivity index (χ4v) is 3.40. The second kappa shape index (κ2) is 7.30. The van der Waals surface area contributed by atoms with E-state index in [0.717, 1.165) is 5.69 Å². The van der Waals surface area contributed by atoms with Gasteiger partial charge in [0, 0.05) is 18.0 Å². The summed E-state index contributed by atoms with van der Waals surface area (Å²) in [5, 5.41) is 3.77. The van der Waals surface area contributed by atoms with Crippen LogP contribution in [-0.2, 0) is 4.79 Å². The Kier molecular flexibility index (Phi) is 4.68. The van der Waals surface area contributed by atoms with Crippen molar-refractivity contribution in [1.82, 2.24) is 9.97 Å². The number of hydrogen-bond donors (Lipinski definition) is 1. The van der Waals surface area contributed by atoms with Crippen LogP contribution in [-0.4, -0.2) is 42.7 Å². The Morgan fingerprint density at radius 3 is 2.71 bits per heavy atom. The third-order valence-electron chi connectivity index (χ3n) is 4.80. The lowest BCUT2D eigenvalue weighted by Crippen LogP contribution is -2.33. The average molecular weight is 382 g/mol. The minimum atomic E-state index is -0.501. The number of fused-ring (bicyclic) bond motifs is 1. The van der Waals surface area contributed by atoms with Crippen molar-refractivity contribution in [3.8, 4) is 11.5 Å². The van der Waals surface area contributed by atoms with Crippen LogP contribution in [0.5, 0.6) is 11.5 Å². The lowest BCUT2D eigenvalue weighted by atomic mass is 10.2. The molecule has 2 aromatic carbocycles. The summed E-state index contributed by atoms with van der Waals surface area (Å²) in [5.74, 6) is 0.621. The van der Waals surface area contributed by atoms with Crippen LogP contribution in [0.2, 0.25) is 0 Å². The molecule has 28 heavy (non-hydrogen) atoms. The summed E-state index contributed by atoms with van der Waals surface area (Å²) in [7, 11) is 2.97. The molecule has 0 aliphatic carbocycles. The first-order chi connectivity index (χ1) is 13.6. The molecular weight excluding hydrogens is 363 g/mol. The van der Waals surface area contributed by atoms with Crippen molar-refractivity contribution >= 4 is 28.3 Å². The van der Waals surface area contributed by atoms with E-state index < -0.39 is 11.9 Å². The van der Waals surface area contributed by atoms with Gasteiger partial charge < -0.3 is 19.7 Å². The number of benzene rings is 2. The molecule has 1 fully saturated rings. The van der Waals surface area contributed by atoms with Gasteiger partial charge in [-0.2, -0.15) is 0 Å². The van der Waals surface area contributed by atoms with Crippen molar-refractivity contribution in [2.45, 2.75) is 12.5 Å². The second-order valence-electron chi connectivity index (χ2n) is 6.37. The van der Waals surface area contributed by atoms with Gasteiger partial charge in [0.2, 0.25) is 5.91 Å². The number of nitrogens with zero attached hydrogens (tertiary/aromatic N) is 3. The minimum Gasteiger partial charge on any atom is -0.495 e. The van der Waals surface area contributed by atoms with Gasteiger partial charge in [-0.15, -0.1) is 0 Å². The van der Waals surface area contributed by atoms with Gasteiger partial charge in [0.1, 0.15) is 23.9 Å². The van der Waals surface area contributed by atoms with Crippen LogP contribution < -0.4 is 19.7 Å². The summed E-state index contributed by atoms with van der Waals surface area (Å²) in [4.78, 5) is 23.0. The van der Waals surface area contributed by atoms with Gasteiger partial charge in [0.05, 0.1) is 25.4 Å². The molecule has 0 bridgehead atoms. The maximum absolute atomic E-state index is 14.0. The largest absolute Gasteiger partial charge is 0.495 e. The third kappa shape index (κ3) is 3.06. The van der Waals surface area contributed by atoms with Crippen molar-refractivity contribution in [2.75, 3.05) is 31.0 Å². The molecule has 1 aromatic heterocycles. The molecule has 7 nitrogen and oxygen atoms in total. The highest BCUT2D eigenvalue weighted by Gasteiger charge is 2.34. The average Bonchev–Trinajstić information content (AvgIpc) is 3.07. The van der Waals surface area contributed by atoms with E-state index in [9.17, 15) is 9.18 Å². The predicted molar refractivity (Wildman–Crippen MR) is 103 cm³/mol. The highest BCUT2D eigenvalue weighted by molar-refractivity contribution is 6.03. The van der Waals surface area contributed by atoms with Gasteiger partial charge in [-0.1, -0.05) is 12.1 Å². The Labute approximate surface area is 161 Å². The van der Waals surface area contributed by atoms with Crippen molar-refractivity contribution in [3.63, 3.8) is 0 Å². The Morgan fingerprint density at radius 1 is 1.14 bits per heavy atom. The van der Waals surface area contributed by atoms with Gasteiger partial charge in [-0.05, 0) is 24.6 Å². The zero-order valence-corrected chi connectivity index (χ0v) is 15.5. The summed E-state index contributed by atoms with van der Waals surface area (Å²) < 4.78 is 24.4. The van der Waals surface area contributed by atoms with E-state index in [1.807, 2.05) is 24.3 Å². The molecule has 2 heterocycles. The summed E-state index contributed by atoms with van der Waals surface area (Å²) in [6.07, 6.45) is 1.94. The molecule has 4 rings (SSSR count). The zero-order chi connectivity index (χ0) is 19.7. The Morgan fingerprint density at radius 2 is 1.93 bits per heavy atom. The fourth-order valence-electron chi connectivity index (χ4n) is 3.40.